The summed E-state index contributed by atoms with van der Waals surface area (Å²) in [6.07, 6.45) is 1.94. The number of aromatic nitrogens is 1. The minimum absolute atomic E-state index is 0.0107. The maximum Gasteiger partial charge on any atom is 0.254 e. The quantitative estimate of drug-likeness (QED) is 0.620. The molecule has 2 heterocycles. The Balaban J connectivity index is 1.65. The molecule has 1 amide bonds. The Morgan fingerprint density at radius 3 is 2.72 bits per heavy atom. The highest BCUT2D eigenvalue weighted by Crippen LogP contribution is 2.19. The molecule has 0 spiro atoms. The van der Waals surface area contributed by atoms with Crippen molar-refractivity contribution in [3.63, 3.8) is 0 Å². The Hall–Kier alpha value is -2.44. The molecule has 1 atom stereocenters. The van der Waals surface area contributed by atoms with Crippen molar-refractivity contribution in [3.8, 4) is 0 Å². The second-order valence-electron chi connectivity index (χ2n) is 7.54. The summed E-state index contributed by atoms with van der Waals surface area (Å²) in [5.74, 6) is -0.101. The smallest absolute Gasteiger partial charge is 0.254 e. The zero-order valence-electron chi connectivity index (χ0n) is 16.3. The summed E-state index contributed by atoms with van der Waals surface area (Å²) < 4.78 is 6.67. The number of benzene rings is 2. The zero-order valence-corrected chi connectivity index (χ0v) is 17.9. The maximum absolute atomic E-state index is 13.2. The molecule has 4 rings (SSSR count). The minimum Gasteiger partial charge on any atom is -0.376 e. The van der Waals surface area contributed by atoms with E-state index in [1.165, 1.54) is 0 Å². The number of aromatic amines is 1. The van der Waals surface area contributed by atoms with Crippen molar-refractivity contribution in [1.82, 2.24) is 9.88 Å². The number of hydrogen-bond acceptors (Lipinski definition) is 3. The molecule has 1 unspecified atom stereocenters. The van der Waals surface area contributed by atoms with Gasteiger partial charge in [-0.1, -0.05) is 28.1 Å². The first-order valence-corrected chi connectivity index (χ1v) is 10.6. The van der Waals surface area contributed by atoms with Crippen LogP contribution in [0.4, 0.5) is 0 Å². The molecule has 0 aliphatic carbocycles. The largest absolute Gasteiger partial charge is 0.376 e. The molecule has 0 saturated carbocycles. The Morgan fingerprint density at radius 1 is 1.21 bits per heavy atom. The lowest BCUT2D eigenvalue weighted by Crippen LogP contribution is -2.38. The molecule has 6 heteroatoms. The van der Waals surface area contributed by atoms with Gasteiger partial charge in [0.25, 0.3) is 11.5 Å². The number of nitrogens with zero attached hydrogens (tertiary/aromatic N) is 1. The number of hydrogen-bond donors (Lipinski definition) is 1. The first-order chi connectivity index (χ1) is 14.0. The monoisotopic (exact) mass is 454 g/mol. The fourth-order valence-electron chi connectivity index (χ4n) is 3.71. The van der Waals surface area contributed by atoms with E-state index in [1.54, 1.807) is 17.0 Å². The molecule has 29 heavy (non-hydrogen) atoms. The van der Waals surface area contributed by atoms with Crippen molar-refractivity contribution in [2.75, 3.05) is 13.2 Å². The SMILES string of the molecule is Cc1ccc2cc(CN(CC3CCCO3)C(=O)c3ccc(Br)cc3)c(=O)[nH]c2c1. The van der Waals surface area contributed by atoms with E-state index >= 15 is 0 Å². The van der Waals surface area contributed by atoms with Crippen LogP contribution in [0.2, 0.25) is 0 Å². The van der Waals surface area contributed by atoms with E-state index in [9.17, 15) is 9.59 Å². The van der Waals surface area contributed by atoms with Crippen LogP contribution >= 0.6 is 15.9 Å². The summed E-state index contributed by atoms with van der Waals surface area (Å²) in [7, 11) is 0. The van der Waals surface area contributed by atoms with Crippen molar-refractivity contribution >= 4 is 32.7 Å². The topological polar surface area (TPSA) is 62.4 Å². The van der Waals surface area contributed by atoms with Crippen molar-refractivity contribution in [3.05, 3.63) is 80.0 Å². The fourth-order valence-corrected chi connectivity index (χ4v) is 3.98. The Bertz CT molecular complexity index is 1090. The second-order valence-corrected chi connectivity index (χ2v) is 8.46. The van der Waals surface area contributed by atoms with E-state index < -0.39 is 0 Å². The molecule has 0 bridgehead atoms. The summed E-state index contributed by atoms with van der Waals surface area (Å²) in [5, 5.41) is 0.957. The molecule has 3 aromatic rings. The number of pyridine rings is 1. The molecule has 1 N–H and O–H groups in total. The average molecular weight is 455 g/mol. The maximum atomic E-state index is 13.2. The lowest BCUT2D eigenvalue weighted by Gasteiger charge is -2.25. The van der Waals surface area contributed by atoms with Crippen molar-refractivity contribution < 1.29 is 9.53 Å². The molecule has 150 valence electrons. The zero-order chi connectivity index (χ0) is 20.4. The second kappa shape index (κ2) is 8.51. The molecule has 1 aromatic heterocycles. The van der Waals surface area contributed by atoms with Crippen molar-refractivity contribution in [1.29, 1.82) is 0 Å². The van der Waals surface area contributed by atoms with Crippen LogP contribution in [0.15, 0.2) is 57.8 Å². The highest BCUT2D eigenvalue weighted by Gasteiger charge is 2.24. The molecule has 1 saturated heterocycles. The first-order valence-electron chi connectivity index (χ1n) is 9.78. The molecule has 5 nitrogen and oxygen atoms in total. The molecular weight excluding hydrogens is 432 g/mol. The van der Waals surface area contributed by atoms with Gasteiger partial charge in [0.15, 0.2) is 0 Å². The van der Waals surface area contributed by atoms with Crippen LogP contribution in [0.5, 0.6) is 0 Å². The molecule has 1 fully saturated rings. The average Bonchev–Trinajstić information content (AvgIpc) is 3.21. The predicted molar refractivity (Wildman–Crippen MR) is 117 cm³/mol. The number of H-pyrrole nitrogens is 1. The third-order valence-electron chi connectivity index (χ3n) is 5.27. The Labute approximate surface area is 177 Å². The summed E-state index contributed by atoms with van der Waals surface area (Å²) in [6.45, 7) is 3.43. The number of aryl methyl sites for hydroxylation is 1. The van der Waals surface area contributed by atoms with Gasteiger partial charge in [-0.25, -0.2) is 0 Å². The number of carbonyl (C=O) groups is 1. The number of nitrogens with one attached hydrogen (secondary N) is 1. The number of carbonyl (C=O) groups excluding carboxylic acids is 1. The van der Waals surface area contributed by atoms with Gasteiger partial charge in [-0.05, 0) is 67.1 Å². The van der Waals surface area contributed by atoms with Gasteiger partial charge in [0.1, 0.15) is 0 Å². The lowest BCUT2D eigenvalue weighted by atomic mass is 10.1. The van der Waals surface area contributed by atoms with Crippen molar-refractivity contribution in [2.45, 2.75) is 32.4 Å². The molecule has 1 aliphatic rings. The van der Waals surface area contributed by atoms with Gasteiger partial charge < -0.3 is 14.6 Å². The van der Waals surface area contributed by atoms with E-state index in [2.05, 4.69) is 20.9 Å². The number of halogens is 1. The van der Waals surface area contributed by atoms with Crippen LogP contribution in [0.3, 0.4) is 0 Å². The highest BCUT2D eigenvalue weighted by atomic mass is 79.9. The Kier molecular flexibility index (Phi) is 5.83. The van der Waals surface area contributed by atoms with Gasteiger partial charge in [-0.2, -0.15) is 0 Å². The summed E-state index contributed by atoms with van der Waals surface area (Å²) >= 11 is 3.40. The van der Waals surface area contributed by atoms with E-state index in [0.717, 1.165) is 40.4 Å². The van der Waals surface area contributed by atoms with E-state index in [-0.39, 0.29) is 24.1 Å². The van der Waals surface area contributed by atoms with Crippen LogP contribution in [-0.4, -0.2) is 35.0 Å². The third kappa shape index (κ3) is 4.60. The van der Waals surface area contributed by atoms with Gasteiger partial charge in [-0.3, -0.25) is 9.59 Å². The normalized spacial score (nSPS) is 16.3. The number of fused-ring (bicyclic) bond motifs is 1. The molecule has 0 radical (unpaired) electrons. The molecule has 2 aromatic carbocycles. The predicted octanol–water partition coefficient (Wildman–Crippen LogP) is 4.42. The first kappa shape index (κ1) is 19.9. The standard InChI is InChI=1S/C23H23BrN2O3/c1-15-4-5-17-12-18(22(27)25-21(17)11-15)13-26(14-20-3-2-10-29-20)23(28)16-6-8-19(24)9-7-16/h4-9,11-12,20H,2-3,10,13-14H2,1H3,(H,25,27). The van der Waals surface area contributed by atoms with Gasteiger partial charge in [-0.15, -0.1) is 0 Å². The van der Waals surface area contributed by atoms with Crippen LogP contribution in [0, 0.1) is 6.92 Å². The third-order valence-corrected chi connectivity index (χ3v) is 5.79. The Morgan fingerprint density at radius 2 is 2.00 bits per heavy atom. The minimum atomic E-state index is -0.163. The molecule has 1 aliphatic heterocycles. The van der Waals surface area contributed by atoms with Crippen molar-refractivity contribution in [2.24, 2.45) is 0 Å². The van der Waals surface area contributed by atoms with Crippen LogP contribution in [-0.2, 0) is 11.3 Å². The van der Waals surface area contributed by atoms with Crippen LogP contribution in [0.1, 0.15) is 34.3 Å². The summed E-state index contributed by atoms with van der Waals surface area (Å²) in [6, 6.07) is 15.1. The van der Waals surface area contributed by atoms with E-state index in [4.69, 9.17) is 4.74 Å². The van der Waals surface area contributed by atoms with Crippen LogP contribution in [0.25, 0.3) is 10.9 Å². The lowest BCUT2D eigenvalue weighted by molar-refractivity contribution is 0.0506. The fraction of sp³-hybridized carbons (Fsp3) is 0.304. The van der Waals surface area contributed by atoms with Gasteiger partial charge in [0, 0.05) is 34.3 Å². The van der Waals surface area contributed by atoms with Gasteiger partial charge in [0.05, 0.1) is 12.6 Å². The highest BCUT2D eigenvalue weighted by molar-refractivity contribution is 9.10. The molecular formula is C23H23BrN2O3. The summed E-state index contributed by atoms with van der Waals surface area (Å²) in [5.41, 5.74) is 2.91. The van der Waals surface area contributed by atoms with E-state index in [1.807, 2.05) is 43.3 Å². The summed E-state index contributed by atoms with van der Waals surface area (Å²) in [4.78, 5) is 30.6. The number of ether oxygens (including phenoxy) is 1. The number of rotatable bonds is 5. The van der Waals surface area contributed by atoms with Gasteiger partial charge in [0.2, 0.25) is 0 Å². The van der Waals surface area contributed by atoms with Gasteiger partial charge >= 0.3 is 0 Å². The van der Waals surface area contributed by atoms with E-state index in [0.29, 0.717) is 17.7 Å². The number of amides is 1. The van der Waals surface area contributed by atoms with Crippen LogP contribution < -0.4 is 5.56 Å².